The third-order valence-corrected chi connectivity index (χ3v) is 9.04. The third-order valence-electron chi connectivity index (χ3n) is 8.58. The first-order chi connectivity index (χ1) is 24.1. The number of aliphatic hydroxyl groups excluding tert-OH is 3. The van der Waals surface area contributed by atoms with Crippen molar-refractivity contribution >= 4 is 16.4 Å². The molecule has 1 rings (SSSR count). The number of carbonyl (C=O) groups is 1. The molecule has 1 saturated heterocycles. The molecule has 0 aliphatic carbocycles. The molecule has 0 spiro atoms. The van der Waals surface area contributed by atoms with E-state index in [9.17, 15) is 28.5 Å². The summed E-state index contributed by atoms with van der Waals surface area (Å²) < 4.78 is 58.5. The number of aliphatic hydroxyl groups is 3. The Morgan fingerprint density at radius 1 is 0.760 bits per heavy atom. The predicted molar refractivity (Wildman–Crippen MR) is 193 cm³/mol. The third kappa shape index (κ3) is 23.9. The van der Waals surface area contributed by atoms with Gasteiger partial charge in [0, 0.05) is 13.0 Å². The molecule has 1 aliphatic rings. The lowest BCUT2D eigenvalue weighted by Crippen LogP contribution is -2.60. The van der Waals surface area contributed by atoms with Crippen molar-refractivity contribution in [1.82, 2.24) is 0 Å². The van der Waals surface area contributed by atoms with Crippen molar-refractivity contribution in [3.8, 4) is 0 Å². The summed E-state index contributed by atoms with van der Waals surface area (Å²) in [6.45, 7) is 3.83. The van der Waals surface area contributed by atoms with E-state index < -0.39 is 59.8 Å². The van der Waals surface area contributed by atoms with Gasteiger partial charge in [-0.15, -0.1) is 0 Å². The molecule has 1 fully saturated rings. The molecule has 13 heteroatoms. The Balaban J connectivity index is 2.38. The quantitative estimate of drug-likeness (QED) is 0.0255. The van der Waals surface area contributed by atoms with E-state index in [0.29, 0.717) is 13.0 Å². The van der Waals surface area contributed by atoms with Crippen molar-refractivity contribution in [2.45, 2.75) is 179 Å². The van der Waals surface area contributed by atoms with Crippen molar-refractivity contribution < 1.29 is 56.2 Å². The van der Waals surface area contributed by atoms with Crippen LogP contribution >= 0.6 is 0 Å². The van der Waals surface area contributed by atoms with Crippen LogP contribution in [0, 0.1) is 0 Å². The molecular formula is C37H68O12S. The normalized spacial score (nSPS) is 22.1. The molecular weight excluding hydrogens is 668 g/mol. The van der Waals surface area contributed by atoms with E-state index in [-0.39, 0.29) is 19.6 Å². The standard InChI is InChI=1S/C37H68O12S/c1-3-5-7-9-10-11-12-13-14-15-16-17-18-19-20-21-23-25-27-45-29-31(47-33(39)26-24-22-8-6-4-2)30-46-37-35(41)36(49-50(42,43)44)34(40)32(28-38)48-37/h10-11,13-14,31-32,34-38,40-41H,3-9,12,15-30H2,1-2H3,(H,42,43,44)/b11-10-,14-13-. The van der Waals surface area contributed by atoms with Gasteiger partial charge in [-0.1, -0.05) is 115 Å². The lowest BCUT2D eigenvalue weighted by molar-refractivity contribution is -0.301. The lowest BCUT2D eigenvalue weighted by Gasteiger charge is -2.41. The maximum Gasteiger partial charge on any atom is 0.397 e. The summed E-state index contributed by atoms with van der Waals surface area (Å²) in [5.74, 6) is -0.415. The molecule has 0 aromatic rings. The van der Waals surface area contributed by atoms with Gasteiger partial charge in [0.1, 0.15) is 30.5 Å². The average Bonchev–Trinajstić information content (AvgIpc) is 3.08. The lowest BCUT2D eigenvalue weighted by atomic mass is 9.99. The fourth-order valence-corrected chi connectivity index (χ4v) is 6.15. The first-order valence-electron chi connectivity index (χ1n) is 19.1. The van der Waals surface area contributed by atoms with E-state index in [0.717, 1.165) is 57.8 Å². The molecule has 0 bridgehead atoms. The molecule has 0 saturated carbocycles. The fourth-order valence-electron chi connectivity index (χ4n) is 5.64. The Labute approximate surface area is 301 Å². The maximum absolute atomic E-state index is 12.6. The van der Waals surface area contributed by atoms with Gasteiger partial charge >= 0.3 is 16.4 Å². The van der Waals surface area contributed by atoms with Crippen LogP contribution in [0.5, 0.6) is 0 Å². The highest BCUT2D eigenvalue weighted by atomic mass is 32.3. The molecule has 1 aliphatic heterocycles. The molecule has 50 heavy (non-hydrogen) atoms. The minimum absolute atomic E-state index is 0.0328. The van der Waals surface area contributed by atoms with Gasteiger partial charge < -0.3 is 34.3 Å². The highest BCUT2D eigenvalue weighted by molar-refractivity contribution is 7.80. The molecule has 12 nitrogen and oxygen atoms in total. The Kier molecular flexibility index (Phi) is 28.0. The van der Waals surface area contributed by atoms with Gasteiger partial charge in [0.05, 0.1) is 19.8 Å². The van der Waals surface area contributed by atoms with Crippen LogP contribution in [0.1, 0.15) is 142 Å². The summed E-state index contributed by atoms with van der Waals surface area (Å²) in [5, 5.41) is 30.4. The van der Waals surface area contributed by atoms with Crippen molar-refractivity contribution in [2.24, 2.45) is 0 Å². The second-order valence-corrected chi connectivity index (χ2v) is 14.2. The summed E-state index contributed by atoms with van der Waals surface area (Å²) >= 11 is 0. The van der Waals surface area contributed by atoms with Crippen LogP contribution in [0.2, 0.25) is 0 Å². The topological polar surface area (TPSA) is 178 Å². The number of ether oxygens (including phenoxy) is 4. The van der Waals surface area contributed by atoms with Crippen LogP contribution in [0.4, 0.5) is 0 Å². The van der Waals surface area contributed by atoms with E-state index in [1.165, 1.54) is 57.8 Å². The second-order valence-electron chi connectivity index (χ2n) is 13.2. The zero-order valence-electron chi connectivity index (χ0n) is 30.7. The first kappa shape index (κ1) is 46.6. The predicted octanol–water partition coefficient (Wildman–Crippen LogP) is 6.51. The van der Waals surface area contributed by atoms with Gasteiger partial charge in [-0.05, 0) is 44.9 Å². The molecule has 294 valence electrons. The fraction of sp³-hybridized carbons (Fsp3) is 0.865. The zero-order chi connectivity index (χ0) is 36.9. The zero-order valence-corrected chi connectivity index (χ0v) is 31.5. The smallest absolute Gasteiger partial charge is 0.397 e. The number of hydrogen-bond acceptors (Lipinski definition) is 11. The van der Waals surface area contributed by atoms with E-state index in [2.05, 4.69) is 42.3 Å². The second kappa shape index (κ2) is 30.1. The number of carbonyl (C=O) groups excluding carboxylic acids is 1. The van der Waals surface area contributed by atoms with Crippen LogP contribution in [0.15, 0.2) is 24.3 Å². The SMILES string of the molecule is CCCCC/C=C\C/C=C\CCCCCCCCCCOCC(COC1OC(CO)C(O)C(OS(=O)(=O)O)C1O)OC(=O)CCCCCCC. The maximum atomic E-state index is 12.6. The molecule has 0 amide bonds. The summed E-state index contributed by atoms with van der Waals surface area (Å²) in [7, 11) is -5.05. The number of rotatable bonds is 32. The number of unbranched alkanes of at least 4 members (excludes halogenated alkanes) is 15. The highest BCUT2D eigenvalue weighted by Gasteiger charge is 2.48. The Bertz CT molecular complexity index is 989. The summed E-state index contributed by atoms with van der Waals surface area (Å²) in [6, 6.07) is 0. The van der Waals surface area contributed by atoms with Gasteiger partial charge in [-0.25, -0.2) is 4.18 Å². The average molecular weight is 737 g/mol. The molecule has 6 atom stereocenters. The monoisotopic (exact) mass is 736 g/mol. The van der Waals surface area contributed by atoms with E-state index >= 15 is 0 Å². The van der Waals surface area contributed by atoms with Gasteiger partial charge in [-0.2, -0.15) is 8.42 Å². The van der Waals surface area contributed by atoms with Gasteiger partial charge in [0.15, 0.2) is 6.29 Å². The molecule has 0 aromatic heterocycles. The van der Waals surface area contributed by atoms with Gasteiger partial charge in [-0.3, -0.25) is 9.35 Å². The number of hydrogen-bond donors (Lipinski definition) is 4. The van der Waals surface area contributed by atoms with Gasteiger partial charge in [0.2, 0.25) is 0 Å². The van der Waals surface area contributed by atoms with E-state index in [1.54, 1.807) is 0 Å². The van der Waals surface area contributed by atoms with Crippen LogP contribution in [-0.2, 0) is 38.3 Å². The number of allylic oxidation sites excluding steroid dienone is 4. The van der Waals surface area contributed by atoms with Crippen LogP contribution in [0.25, 0.3) is 0 Å². The Hall–Kier alpha value is -1.42. The van der Waals surface area contributed by atoms with Gasteiger partial charge in [0.25, 0.3) is 0 Å². The van der Waals surface area contributed by atoms with Crippen molar-refractivity contribution in [3.63, 3.8) is 0 Å². The minimum atomic E-state index is -5.05. The molecule has 1 heterocycles. The van der Waals surface area contributed by atoms with Crippen LogP contribution < -0.4 is 0 Å². The first-order valence-corrected chi connectivity index (χ1v) is 20.5. The molecule has 4 N–H and O–H groups in total. The van der Waals surface area contributed by atoms with Crippen LogP contribution in [0.3, 0.4) is 0 Å². The Morgan fingerprint density at radius 2 is 1.32 bits per heavy atom. The summed E-state index contributed by atoms with van der Waals surface area (Å²) in [6.07, 6.45) is 21.3. The van der Waals surface area contributed by atoms with Crippen LogP contribution in [-0.4, -0.2) is 97.5 Å². The highest BCUT2D eigenvalue weighted by Crippen LogP contribution is 2.26. The number of esters is 1. The Morgan fingerprint density at radius 3 is 1.94 bits per heavy atom. The van der Waals surface area contributed by atoms with Crippen molar-refractivity contribution in [3.05, 3.63) is 24.3 Å². The van der Waals surface area contributed by atoms with Crippen molar-refractivity contribution in [2.75, 3.05) is 26.4 Å². The van der Waals surface area contributed by atoms with Crippen molar-refractivity contribution in [1.29, 1.82) is 0 Å². The molecule has 0 aromatic carbocycles. The molecule has 6 unspecified atom stereocenters. The summed E-state index contributed by atoms with van der Waals surface area (Å²) in [4.78, 5) is 12.6. The minimum Gasteiger partial charge on any atom is -0.457 e. The molecule has 0 radical (unpaired) electrons. The van der Waals surface area contributed by atoms with E-state index in [1.807, 2.05) is 0 Å². The van der Waals surface area contributed by atoms with E-state index in [4.69, 9.17) is 23.5 Å². The summed E-state index contributed by atoms with van der Waals surface area (Å²) in [5.41, 5.74) is 0. The largest absolute Gasteiger partial charge is 0.457 e.